The van der Waals surface area contributed by atoms with Crippen LogP contribution >= 0.6 is 11.8 Å². The smallest absolute Gasteiger partial charge is 0.226 e. The Hall–Kier alpha value is -0.910. The molecule has 1 rings (SSSR count). The minimum atomic E-state index is -0.0212. The second-order valence-corrected chi connectivity index (χ2v) is 5.76. The molecule has 1 aliphatic rings. The third-order valence-corrected chi connectivity index (χ3v) is 4.18. The van der Waals surface area contributed by atoms with Crippen LogP contribution in [0.25, 0.3) is 0 Å². The van der Waals surface area contributed by atoms with Crippen LogP contribution in [0.2, 0.25) is 0 Å². The molecule has 104 valence electrons. The molecule has 0 aromatic carbocycles. The van der Waals surface area contributed by atoms with Crippen LogP contribution in [0.3, 0.4) is 0 Å². The van der Waals surface area contributed by atoms with Crippen molar-refractivity contribution in [2.75, 3.05) is 18.6 Å². The van der Waals surface area contributed by atoms with Crippen molar-refractivity contribution in [3.63, 3.8) is 0 Å². The molecule has 0 radical (unpaired) electrons. The molecule has 1 fully saturated rings. The zero-order chi connectivity index (χ0) is 13.5. The second-order valence-electron chi connectivity index (χ2n) is 4.85. The van der Waals surface area contributed by atoms with Crippen LogP contribution in [0, 0.1) is 5.92 Å². The van der Waals surface area contributed by atoms with Gasteiger partial charge in [-0.3, -0.25) is 4.79 Å². The van der Waals surface area contributed by atoms with E-state index in [1.807, 2.05) is 13.2 Å². The molecular weight excluding hydrogens is 250 g/mol. The number of amidine groups is 1. The van der Waals surface area contributed by atoms with Gasteiger partial charge in [0.2, 0.25) is 5.91 Å². The summed E-state index contributed by atoms with van der Waals surface area (Å²) in [5, 5.41) is 11.7. The molecule has 1 atom stereocenters. The lowest BCUT2D eigenvalue weighted by Gasteiger charge is -2.30. The Labute approximate surface area is 113 Å². The first-order chi connectivity index (χ1) is 8.60. The van der Waals surface area contributed by atoms with Gasteiger partial charge in [0.1, 0.15) is 0 Å². The Morgan fingerprint density at radius 2 is 2.17 bits per heavy atom. The van der Waals surface area contributed by atoms with Crippen LogP contribution in [0.1, 0.15) is 32.6 Å². The van der Waals surface area contributed by atoms with Gasteiger partial charge >= 0.3 is 0 Å². The van der Waals surface area contributed by atoms with Crippen LogP contribution < -0.4 is 5.73 Å². The second kappa shape index (κ2) is 7.51. The molecule has 1 unspecified atom stereocenters. The largest absolute Gasteiger partial charge is 0.409 e. The first-order valence-corrected chi connectivity index (χ1v) is 7.75. The highest BCUT2D eigenvalue weighted by Gasteiger charge is 2.29. The van der Waals surface area contributed by atoms with Crippen molar-refractivity contribution in [3.8, 4) is 0 Å². The topological polar surface area (TPSA) is 78.9 Å². The molecule has 0 saturated heterocycles. The number of thioether (sulfide) groups is 1. The summed E-state index contributed by atoms with van der Waals surface area (Å²) < 4.78 is 0. The maximum Gasteiger partial charge on any atom is 0.226 e. The highest BCUT2D eigenvalue weighted by molar-refractivity contribution is 7.98. The number of carbonyl (C=O) groups excluding carboxylic acids is 1. The third-order valence-electron chi connectivity index (χ3n) is 3.35. The van der Waals surface area contributed by atoms with Crippen molar-refractivity contribution >= 4 is 23.5 Å². The third kappa shape index (κ3) is 4.08. The van der Waals surface area contributed by atoms with E-state index < -0.39 is 0 Å². The molecule has 0 aromatic heterocycles. The fourth-order valence-corrected chi connectivity index (χ4v) is 3.06. The maximum atomic E-state index is 12.4. The van der Waals surface area contributed by atoms with Gasteiger partial charge in [-0.25, -0.2) is 0 Å². The number of hydrogen-bond donors (Lipinski definition) is 2. The van der Waals surface area contributed by atoms with Crippen molar-refractivity contribution in [1.29, 1.82) is 0 Å². The van der Waals surface area contributed by atoms with Gasteiger partial charge in [0.15, 0.2) is 5.84 Å². The van der Waals surface area contributed by atoms with E-state index in [2.05, 4.69) is 5.16 Å². The fourth-order valence-electron chi connectivity index (χ4n) is 2.41. The van der Waals surface area contributed by atoms with Crippen LogP contribution in [-0.2, 0) is 4.79 Å². The molecule has 1 saturated carbocycles. The lowest BCUT2D eigenvalue weighted by molar-refractivity contribution is -0.135. The summed E-state index contributed by atoms with van der Waals surface area (Å²) in [5.74, 6) is 1.000. The quantitative estimate of drug-likeness (QED) is 0.333. The Morgan fingerprint density at radius 3 is 2.67 bits per heavy atom. The minimum Gasteiger partial charge on any atom is -0.409 e. The van der Waals surface area contributed by atoms with Gasteiger partial charge in [-0.1, -0.05) is 24.9 Å². The van der Waals surface area contributed by atoms with Gasteiger partial charge in [0.25, 0.3) is 0 Å². The lowest BCUT2D eigenvalue weighted by Crippen LogP contribution is -2.46. The predicted molar refractivity (Wildman–Crippen MR) is 74.9 cm³/mol. The molecule has 18 heavy (non-hydrogen) atoms. The number of nitrogens with two attached hydrogens (primary N) is 1. The first-order valence-electron chi connectivity index (χ1n) is 6.36. The normalized spacial score (nSPS) is 18.9. The average Bonchev–Trinajstić information content (AvgIpc) is 2.88. The molecular formula is C12H23N3O2S. The average molecular weight is 273 g/mol. The van der Waals surface area contributed by atoms with Gasteiger partial charge in [-0.15, -0.1) is 0 Å². The Kier molecular flexibility index (Phi) is 6.32. The summed E-state index contributed by atoms with van der Waals surface area (Å²) in [4.78, 5) is 14.2. The Bertz CT molecular complexity index is 304. The molecule has 5 nitrogen and oxygen atoms in total. The highest BCUT2D eigenvalue weighted by Crippen LogP contribution is 2.25. The Morgan fingerprint density at radius 1 is 1.56 bits per heavy atom. The summed E-state index contributed by atoms with van der Waals surface area (Å²) in [6, 6.07) is 0.252. The van der Waals surface area contributed by atoms with Crippen LogP contribution in [0.4, 0.5) is 0 Å². The van der Waals surface area contributed by atoms with Crippen molar-refractivity contribution in [3.05, 3.63) is 0 Å². The summed E-state index contributed by atoms with van der Waals surface area (Å²) in [6.45, 7) is 2.17. The number of rotatable bonds is 6. The van der Waals surface area contributed by atoms with E-state index in [0.29, 0.717) is 0 Å². The maximum absolute atomic E-state index is 12.4. The van der Waals surface area contributed by atoms with Crippen molar-refractivity contribution < 1.29 is 10.0 Å². The lowest BCUT2D eigenvalue weighted by atomic mass is 10.1. The van der Waals surface area contributed by atoms with Crippen molar-refractivity contribution in [1.82, 2.24) is 4.90 Å². The van der Waals surface area contributed by atoms with E-state index in [-0.39, 0.29) is 30.2 Å². The standard InChI is InChI=1S/C12H23N3O2S/c1-9(8-18-2)12(16)15(7-11(13)14-17)10-5-3-4-6-10/h9-10,17H,3-8H2,1-2H3,(H2,13,14). The van der Waals surface area contributed by atoms with Crippen molar-refractivity contribution in [2.45, 2.75) is 38.6 Å². The number of oxime groups is 1. The van der Waals surface area contributed by atoms with E-state index in [4.69, 9.17) is 10.9 Å². The predicted octanol–water partition coefficient (Wildman–Crippen LogP) is 1.50. The van der Waals surface area contributed by atoms with Crippen molar-refractivity contribution in [2.24, 2.45) is 16.8 Å². The summed E-state index contributed by atoms with van der Waals surface area (Å²) in [7, 11) is 0. The monoisotopic (exact) mass is 273 g/mol. The van der Waals surface area contributed by atoms with Gasteiger partial charge < -0.3 is 15.8 Å². The molecule has 1 amide bonds. The zero-order valence-corrected chi connectivity index (χ0v) is 11.9. The zero-order valence-electron chi connectivity index (χ0n) is 11.1. The number of nitrogens with zero attached hydrogens (tertiary/aromatic N) is 2. The van der Waals surface area contributed by atoms with E-state index in [9.17, 15) is 4.79 Å². The summed E-state index contributed by atoms with van der Waals surface area (Å²) in [6.07, 6.45) is 6.35. The summed E-state index contributed by atoms with van der Waals surface area (Å²) in [5.41, 5.74) is 5.55. The van der Waals surface area contributed by atoms with E-state index in [1.165, 1.54) is 0 Å². The number of carbonyl (C=O) groups is 1. The SMILES string of the molecule is CSCC(C)C(=O)N(CC(N)=NO)C1CCCC1. The molecule has 1 aliphatic carbocycles. The molecule has 0 heterocycles. The highest BCUT2D eigenvalue weighted by atomic mass is 32.2. The van der Waals surface area contributed by atoms with Gasteiger partial charge in [-0.05, 0) is 19.1 Å². The van der Waals surface area contributed by atoms with Gasteiger partial charge in [0.05, 0.1) is 6.54 Å². The molecule has 0 spiro atoms. The minimum absolute atomic E-state index is 0.0212. The molecule has 0 aromatic rings. The van der Waals surface area contributed by atoms with Gasteiger partial charge in [0, 0.05) is 17.7 Å². The molecule has 0 aliphatic heterocycles. The molecule has 3 N–H and O–H groups in total. The Balaban J connectivity index is 2.72. The summed E-state index contributed by atoms with van der Waals surface area (Å²) >= 11 is 1.66. The fraction of sp³-hybridized carbons (Fsp3) is 0.833. The van der Waals surface area contributed by atoms with Crippen LogP contribution in [-0.4, -0.2) is 46.4 Å². The molecule has 6 heteroatoms. The van der Waals surface area contributed by atoms with E-state index in [1.54, 1.807) is 16.7 Å². The molecule has 0 bridgehead atoms. The van der Waals surface area contributed by atoms with Crippen LogP contribution in [0.15, 0.2) is 5.16 Å². The van der Waals surface area contributed by atoms with E-state index in [0.717, 1.165) is 31.4 Å². The van der Waals surface area contributed by atoms with E-state index >= 15 is 0 Å². The number of hydrogen-bond acceptors (Lipinski definition) is 4. The van der Waals surface area contributed by atoms with Gasteiger partial charge in [-0.2, -0.15) is 11.8 Å². The first kappa shape index (κ1) is 15.1. The number of amides is 1. The van der Waals surface area contributed by atoms with Crippen LogP contribution in [0.5, 0.6) is 0 Å².